The first-order valence-electron chi connectivity index (χ1n) is 4.61. The summed E-state index contributed by atoms with van der Waals surface area (Å²) in [5, 5.41) is 17.7. The molecule has 5 nitrogen and oxygen atoms in total. The molecule has 0 amide bonds. The Hall–Kier alpha value is -1.73. The van der Waals surface area contributed by atoms with Crippen LogP contribution >= 0.6 is 0 Å². The van der Waals surface area contributed by atoms with Crippen LogP contribution in [0.4, 0.5) is 4.39 Å². The van der Waals surface area contributed by atoms with E-state index in [-0.39, 0.29) is 5.46 Å². The Bertz CT molecular complexity index is 515. The van der Waals surface area contributed by atoms with Crippen molar-refractivity contribution in [2.75, 3.05) is 0 Å². The molecule has 7 heteroatoms. The van der Waals surface area contributed by atoms with Crippen molar-refractivity contribution in [3.05, 3.63) is 36.3 Å². The first-order valence-corrected chi connectivity index (χ1v) is 4.61. The lowest BCUT2D eigenvalue weighted by molar-refractivity contribution is 0.422. The molecule has 0 aromatic carbocycles. The van der Waals surface area contributed by atoms with Crippen LogP contribution in [0.25, 0.3) is 5.82 Å². The Morgan fingerprint density at radius 3 is 2.62 bits per heavy atom. The normalized spacial score (nSPS) is 10.5. The van der Waals surface area contributed by atoms with Gasteiger partial charge in [-0.1, -0.05) is 0 Å². The van der Waals surface area contributed by atoms with Gasteiger partial charge in [-0.3, -0.25) is 4.57 Å². The molecule has 0 aliphatic carbocycles. The van der Waals surface area contributed by atoms with E-state index in [1.165, 1.54) is 0 Å². The maximum Gasteiger partial charge on any atom is 0.493 e. The van der Waals surface area contributed by atoms with E-state index in [4.69, 9.17) is 10.0 Å². The minimum atomic E-state index is -1.86. The lowest BCUT2D eigenvalue weighted by Crippen LogP contribution is -2.33. The highest BCUT2D eigenvalue weighted by Crippen LogP contribution is 2.07. The molecule has 0 saturated carbocycles. The second-order valence-electron chi connectivity index (χ2n) is 3.28. The van der Waals surface area contributed by atoms with E-state index >= 15 is 0 Å². The number of halogens is 1. The van der Waals surface area contributed by atoms with Gasteiger partial charge in [-0.2, -0.15) is 0 Å². The van der Waals surface area contributed by atoms with E-state index in [9.17, 15) is 4.39 Å². The van der Waals surface area contributed by atoms with Crippen LogP contribution < -0.4 is 5.46 Å². The standard InChI is InChI=1S/C9H9BFN3O2/c1-6-12-2-3-14(6)9-4-8(11)7(5-13-9)10(15)16/h2-5,15-16H,1H3. The Labute approximate surface area is 91.4 Å². The first-order chi connectivity index (χ1) is 7.59. The molecular weight excluding hydrogens is 212 g/mol. The maximum atomic E-state index is 13.4. The summed E-state index contributed by atoms with van der Waals surface area (Å²) < 4.78 is 15.0. The quantitative estimate of drug-likeness (QED) is 0.664. The van der Waals surface area contributed by atoms with Gasteiger partial charge in [0, 0.05) is 30.1 Å². The third kappa shape index (κ3) is 1.82. The summed E-state index contributed by atoms with van der Waals surface area (Å²) in [4.78, 5) is 7.91. The molecule has 82 valence electrons. The van der Waals surface area contributed by atoms with E-state index in [0.29, 0.717) is 11.6 Å². The Balaban J connectivity index is 2.46. The van der Waals surface area contributed by atoms with Gasteiger partial charge in [-0.05, 0) is 6.92 Å². The molecule has 0 aliphatic heterocycles. The largest absolute Gasteiger partial charge is 0.493 e. The summed E-state index contributed by atoms with van der Waals surface area (Å²) in [7, 11) is -1.86. The molecule has 0 unspecified atom stereocenters. The van der Waals surface area contributed by atoms with Crippen molar-refractivity contribution in [1.29, 1.82) is 0 Å². The molecule has 0 aliphatic rings. The van der Waals surface area contributed by atoms with E-state index in [1.807, 2.05) is 0 Å². The van der Waals surface area contributed by atoms with Crippen LogP contribution in [0.15, 0.2) is 24.7 Å². The fraction of sp³-hybridized carbons (Fsp3) is 0.111. The van der Waals surface area contributed by atoms with Crippen molar-refractivity contribution in [3.63, 3.8) is 0 Å². The predicted molar refractivity (Wildman–Crippen MR) is 55.9 cm³/mol. The van der Waals surface area contributed by atoms with Crippen LogP contribution in [0.1, 0.15) is 5.82 Å². The third-order valence-corrected chi connectivity index (χ3v) is 2.22. The summed E-state index contributed by atoms with van der Waals surface area (Å²) in [6.07, 6.45) is 4.31. The molecular formula is C9H9BFN3O2. The number of aryl methyl sites for hydroxylation is 1. The lowest BCUT2D eigenvalue weighted by atomic mass is 9.81. The average Bonchev–Trinajstić information content (AvgIpc) is 2.63. The number of imidazole rings is 1. The SMILES string of the molecule is Cc1nccn1-c1cc(F)c(B(O)O)cn1. The molecule has 0 saturated heterocycles. The van der Waals surface area contributed by atoms with E-state index in [2.05, 4.69) is 9.97 Å². The second kappa shape index (κ2) is 4.03. The number of pyridine rings is 1. The van der Waals surface area contributed by atoms with Crippen LogP contribution in [-0.4, -0.2) is 31.7 Å². The minimum absolute atomic E-state index is 0.249. The molecule has 2 aromatic heterocycles. The average molecular weight is 221 g/mol. The Kier molecular flexibility index (Phi) is 2.72. The molecule has 0 radical (unpaired) electrons. The summed E-state index contributed by atoms with van der Waals surface area (Å²) >= 11 is 0. The Morgan fingerprint density at radius 2 is 2.12 bits per heavy atom. The Morgan fingerprint density at radius 1 is 1.38 bits per heavy atom. The van der Waals surface area contributed by atoms with Crippen LogP contribution in [0.3, 0.4) is 0 Å². The van der Waals surface area contributed by atoms with Gasteiger partial charge in [0.05, 0.1) is 0 Å². The van der Waals surface area contributed by atoms with Gasteiger partial charge in [-0.15, -0.1) is 0 Å². The number of rotatable bonds is 2. The maximum absolute atomic E-state index is 13.4. The van der Waals surface area contributed by atoms with Crippen LogP contribution in [0, 0.1) is 12.7 Å². The summed E-state index contributed by atoms with van der Waals surface area (Å²) in [6.45, 7) is 1.76. The van der Waals surface area contributed by atoms with Gasteiger partial charge in [0.15, 0.2) is 0 Å². The zero-order chi connectivity index (χ0) is 11.7. The van der Waals surface area contributed by atoms with Gasteiger partial charge in [0.1, 0.15) is 17.5 Å². The fourth-order valence-electron chi connectivity index (χ4n) is 1.37. The van der Waals surface area contributed by atoms with Gasteiger partial charge >= 0.3 is 7.12 Å². The molecule has 2 N–H and O–H groups in total. The van der Waals surface area contributed by atoms with Gasteiger partial charge in [-0.25, -0.2) is 14.4 Å². The number of nitrogens with zero attached hydrogens (tertiary/aromatic N) is 3. The van der Waals surface area contributed by atoms with Crippen molar-refractivity contribution in [3.8, 4) is 5.82 Å². The number of hydrogen-bond donors (Lipinski definition) is 2. The monoisotopic (exact) mass is 221 g/mol. The zero-order valence-electron chi connectivity index (χ0n) is 8.50. The molecule has 0 fully saturated rings. The highest BCUT2D eigenvalue weighted by molar-refractivity contribution is 6.58. The number of hydrogen-bond acceptors (Lipinski definition) is 4. The minimum Gasteiger partial charge on any atom is -0.423 e. The van der Waals surface area contributed by atoms with Crippen molar-refractivity contribution in [2.45, 2.75) is 6.92 Å². The van der Waals surface area contributed by atoms with Gasteiger partial charge < -0.3 is 10.0 Å². The first kappa shape index (κ1) is 10.8. The van der Waals surface area contributed by atoms with E-state index in [1.54, 1.807) is 23.9 Å². The van der Waals surface area contributed by atoms with Crippen LogP contribution in [0.2, 0.25) is 0 Å². The highest BCUT2D eigenvalue weighted by atomic mass is 19.1. The molecule has 2 aromatic rings. The van der Waals surface area contributed by atoms with Crippen molar-refractivity contribution >= 4 is 12.6 Å². The van der Waals surface area contributed by atoms with Crippen molar-refractivity contribution in [1.82, 2.24) is 14.5 Å². The molecule has 0 bridgehead atoms. The highest BCUT2D eigenvalue weighted by Gasteiger charge is 2.17. The number of aromatic nitrogens is 3. The van der Waals surface area contributed by atoms with Gasteiger partial charge in [0.2, 0.25) is 0 Å². The van der Waals surface area contributed by atoms with Crippen LogP contribution in [-0.2, 0) is 0 Å². The molecule has 2 heterocycles. The second-order valence-corrected chi connectivity index (χ2v) is 3.28. The molecule has 0 atom stereocenters. The summed E-state index contributed by atoms with van der Waals surface area (Å²) in [5.74, 6) is 0.300. The predicted octanol–water partition coefficient (Wildman–Crippen LogP) is -0.605. The summed E-state index contributed by atoms with van der Waals surface area (Å²) in [5.41, 5.74) is -0.249. The molecule has 16 heavy (non-hydrogen) atoms. The lowest BCUT2D eigenvalue weighted by Gasteiger charge is -2.06. The van der Waals surface area contributed by atoms with Crippen molar-refractivity contribution in [2.24, 2.45) is 0 Å². The third-order valence-electron chi connectivity index (χ3n) is 2.22. The van der Waals surface area contributed by atoms with E-state index in [0.717, 1.165) is 12.3 Å². The molecule has 0 spiro atoms. The molecule has 2 rings (SSSR count). The van der Waals surface area contributed by atoms with Crippen LogP contribution in [0.5, 0.6) is 0 Å². The zero-order valence-corrected chi connectivity index (χ0v) is 8.50. The topological polar surface area (TPSA) is 71.2 Å². The van der Waals surface area contributed by atoms with Gasteiger partial charge in [0.25, 0.3) is 0 Å². The van der Waals surface area contributed by atoms with E-state index < -0.39 is 12.9 Å². The smallest absolute Gasteiger partial charge is 0.423 e. The van der Waals surface area contributed by atoms with Crippen molar-refractivity contribution < 1.29 is 14.4 Å². The fourth-order valence-corrected chi connectivity index (χ4v) is 1.37. The summed E-state index contributed by atoms with van der Waals surface area (Å²) in [6, 6.07) is 1.13.